The van der Waals surface area contributed by atoms with E-state index in [0.29, 0.717) is 4.77 Å². The topological polar surface area (TPSA) is 63.8 Å². The van der Waals surface area contributed by atoms with Gasteiger partial charge in [-0.15, -0.1) is 10.2 Å². The number of nitrogens with zero attached hydrogens (tertiary/aromatic N) is 5. The lowest BCUT2D eigenvalue weighted by molar-refractivity contribution is 0.900. The maximum absolute atomic E-state index is 5.07. The fourth-order valence-corrected chi connectivity index (χ4v) is 1.70. The summed E-state index contributed by atoms with van der Waals surface area (Å²) in [5.74, 6) is 0.792. The van der Waals surface area contributed by atoms with E-state index in [4.69, 9.17) is 12.2 Å². The summed E-state index contributed by atoms with van der Waals surface area (Å²) >= 11 is 5.07. The predicted molar refractivity (Wildman–Crippen MR) is 60.4 cm³/mol. The van der Waals surface area contributed by atoms with E-state index >= 15 is 0 Å². The first-order valence-corrected chi connectivity index (χ1v) is 5.08. The van der Waals surface area contributed by atoms with Crippen molar-refractivity contribution in [1.82, 2.24) is 29.4 Å². The van der Waals surface area contributed by atoms with Crippen molar-refractivity contribution < 1.29 is 0 Å². The molecule has 1 N–H and O–H groups in total. The van der Waals surface area contributed by atoms with Gasteiger partial charge in [0, 0.05) is 18.8 Å². The van der Waals surface area contributed by atoms with Crippen LogP contribution >= 0.6 is 12.2 Å². The number of aromatic amines is 1. The number of aromatic nitrogens is 6. The van der Waals surface area contributed by atoms with E-state index in [1.54, 1.807) is 6.33 Å². The molecule has 0 amide bonds. The smallest absolute Gasteiger partial charge is 0.195 e. The van der Waals surface area contributed by atoms with Crippen molar-refractivity contribution in [3.63, 3.8) is 0 Å². The predicted octanol–water partition coefficient (Wildman–Crippen LogP) is 1.19. The number of H-pyrrole nitrogens is 1. The van der Waals surface area contributed by atoms with Crippen molar-refractivity contribution in [2.45, 2.75) is 0 Å². The van der Waals surface area contributed by atoms with Gasteiger partial charge in [0.2, 0.25) is 0 Å². The van der Waals surface area contributed by atoms with Crippen LogP contribution in [0.5, 0.6) is 0 Å². The Morgan fingerprint density at radius 2 is 2.25 bits per heavy atom. The molecule has 6 nitrogen and oxygen atoms in total. The lowest BCUT2D eigenvalue weighted by Gasteiger charge is -2.00. The van der Waals surface area contributed by atoms with E-state index in [1.165, 1.54) is 0 Å². The van der Waals surface area contributed by atoms with Crippen molar-refractivity contribution in [1.29, 1.82) is 0 Å². The van der Waals surface area contributed by atoms with Crippen LogP contribution in [0.4, 0.5) is 0 Å². The van der Waals surface area contributed by atoms with Gasteiger partial charge in [-0.2, -0.15) is 5.10 Å². The lowest BCUT2D eigenvalue weighted by Crippen LogP contribution is -1.94. The van der Waals surface area contributed by atoms with Gasteiger partial charge < -0.3 is 4.57 Å². The average molecular weight is 232 g/mol. The van der Waals surface area contributed by atoms with Crippen LogP contribution in [0.3, 0.4) is 0 Å². The standard InChI is InChI=1S/C9H8N6S/c1-14-8(12-13-9(14)16)6-2-3-7-11-10-5-15(7)4-6/h2-5H,1H3,(H,13,16). The van der Waals surface area contributed by atoms with Gasteiger partial charge in [-0.1, -0.05) is 0 Å². The molecule has 3 rings (SSSR count). The Morgan fingerprint density at radius 3 is 3.00 bits per heavy atom. The number of pyridine rings is 1. The van der Waals surface area contributed by atoms with Crippen LogP contribution in [-0.4, -0.2) is 29.4 Å². The Morgan fingerprint density at radius 1 is 1.38 bits per heavy atom. The molecule has 0 aliphatic carbocycles. The van der Waals surface area contributed by atoms with Crippen molar-refractivity contribution in [2.24, 2.45) is 7.05 Å². The second kappa shape index (κ2) is 3.24. The lowest BCUT2D eigenvalue weighted by atomic mass is 10.2. The highest BCUT2D eigenvalue weighted by atomic mass is 32.1. The van der Waals surface area contributed by atoms with Gasteiger partial charge in [0.05, 0.1) is 0 Å². The van der Waals surface area contributed by atoms with E-state index in [-0.39, 0.29) is 0 Å². The van der Waals surface area contributed by atoms with Crippen molar-refractivity contribution in [3.8, 4) is 11.4 Å². The number of hydrogen-bond donors (Lipinski definition) is 1. The van der Waals surface area contributed by atoms with Gasteiger partial charge in [-0.25, -0.2) is 0 Å². The minimum atomic E-state index is 0.596. The average Bonchev–Trinajstić information content (AvgIpc) is 2.86. The second-order valence-corrected chi connectivity index (χ2v) is 3.81. The van der Waals surface area contributed by atoms with Crippen LogP contribution in [0.1, 0.15) is 0 Å². The molecule has 3 heterocycles. The Kier molecular flexibility index (Phi) is 1.87. The van der Waals surface area contributed by atoms with Gasteiger partial charge in [0.15, 0.2) is 16.2 Å². The molecule has 0 saturated carbocycles. The van der Waals surface area contributed by atoms with Crippen molar-refractivity contribution in [2.75, 3.05) is 0 Å². The van der Waals surface area contributed by atoms with Crippen molar-refractivity contribution >= 4 is 17.9 Å². The molecule has 0 aromatic carbocycles. The Bertz CT molecular complexity index is 706. The summed E-state index contributed by atoms with van der Waals surface area (Å²) < 4.78 is 4.26. The maximum Gasteiger partial charge on any atom is 0.195 e. The fourth-order valence-electron chi connectivity index (χ4n) is 1.56. The summed E-state index contributed by atoms with van der Waals surface area (Å²) in [6.45, 7) is 0. The molecule has 7 heteroatoms. The minimum absolute atomic E-state index is 0.596. The van der Waals surface area contributed by atoms with Crippen LogP contribution in [0.25, 0.3) is 17.0 Å². The van der Waals surface area contributed by atoms with Gasteiger partial charge in [-0.3, -0.25) is 9.50 Å². The van der Waals surface area contributed by atoms with Crippen molar-refractivity contribution in [3.05, 3.63) is 29.4 Å². The third-order valence-electron chi connectivity index (χ3n) is 2.43. The Balaban J connectivity index is 2.25. The molecule has 0 radical (unpaired) electrons. The monoisotopic (exact) mass is 232 g/mol. The van der Waals surface area contributed by atoms with E-state index in [1.807, 2.05) is 34.3 Å². The van der Waals surface area contributed by atoms with Crippen LogP contribution in [-0.2, 0) is 7.05 Å². The number of hydrogen-bond acceptors (Lipinski definition) is 4. The first-order chi connectivity index (χ1) is 7.75. The van der Waals surface area contributed by atoms with Crippen LogP contribution in [0.15, 0.2) is 24.7 Å². The number of fused-ring (bicyclic) bond motifs is 1. The van der Waals surface area contributed by atoms with E-state index in [0.717, 1.165) is 17.0 Å². The Labute approximate surface area is 95.6 Å². The molecule has 16 heavy (non-hydrogen) atoms. The zero-order chi connectivity index (χ0) is 11.1. The van der Waals surface area contributed by atoms with Crippen LogP contribution in [0.2, 0.25) is 0 Å². The number of nitrogens with one attached hydrogen (secondary N) is 1. The molecule has 3 aromatic rings. The molecule has 0 unspecified atom stereocenters. The minimum Gasteiger partial charge on any atom is -0.303 e. The third-order valence-corrected chi connectivity index (χ3v) is 2.79. The number of rotatable bonds is 1. The summed E-state index contributed by atoms with van der Waals surface area (Å²) in [7, 11) is 1.87. The molecule has 0 atom stereocenters. The molecule has 0 fully saturated rings. The van der Waals surface area contributed by atoms with E-state index in [2.05, 4.69) is 20.4 Å². The summed E-state index contributed by atoms with van der Waals surface area (Å²) in [5, 5.41) is 14.7. The third kappa shape index (κ3) is 1.25. The largest absolute Gasteiger partial charge is 0.303 e. The molecule has 0 bridgehead atoms. The van der Waals surface area contributed by atoms with Gasteiger partial charge in [0.1, 0.15) is 6.33 Å². The summed E-state index contributed by atoms with van der Waals surface area (Å²) in [4.78, 5) is 0. The molecule has 3 aromatic heterocycles. The second-order valence-electron chi connectivity index (χ2n) is 3.43. The molecular weight excluding hydrogens is 224 g/mol. The molecule has 0 spiro atoms. The molecule has 0 aliphatic heterocycles. The molecule has 0 saturated heterocycles. The van der Waals surface area contributed by atoms with Gasteiger partial charge in [0.25, 0.3) is 0 Å². The highest BCUT2D eigenvalue weighted by Crippen LogP contribution is 2.16. The zero-order valence-corrected chi connectivity index (χ0v) is 9.27. The fraction of sp³-hybridized carbons (Fsp3) is 0.111. The van der Waals surface area contributed by atoms with Crippen LogP contribution < -0.4 is 0 Å². The summed E-state index contributed by atoms with van der Waals surface area (Å²) in [5.41, 5.74) is 1.77. The van der Waals surface area contributed by atoms with E-state index in [9.17, 15) is 0 Å². The highest BCUT2D eigenvalue weighted by Gasteiger charge is 2.06. The SMILES string of the molecule is Cn1c(-c2ccc3nncn3c2)n[nH]c1=S. The molecular formula is C9H8N6S. The zero-order valence-electron chi connectivity index (χ0n) is 8.45. The molecule has 80 valence electrons. The Hall–Kier alpha value is -2.02. The molecule has 0 aliphatic rings. The van der Waals surface area contributed by atoms with E-state index < -0.39 is 0 Å². The van der Waals surface area contributed by atoms with Crippen LogP contribution in [0, 0.1) is 4.77 Å². The highest BCUT2D eigenvalue weighted by molar-refractivity contribution is 7.71. The first kappa shape index (κ1) is 9.22. The maximum atomic E-state index is 5.07. The van der Waals surface area contributed by atoms with Gasteiger partial charge in [-0.05, 0) is 24.4 Å². The first-order valence-electron chi connectivity index (χ1n) is 4.67. The quantitative estimate of drug-likeness (QED) is 0.640. The van der Waals surface area contributed by atoms with Gasteiger partial charge >= 0.3 is 0 Å². The normalized spacial score (nSPS) is 11.1. The summed E-state index contributed by atoms with van der Waals surface area (Å²) in [6.07, 6.45) is 3.57. The summed E-state index contributed by atoms with van der Waals surface area (Å²) in [6, 6.07) is 3.83.